The van der Waals surface area contributed by atoms with E-state index in [1.807, 2.05) is 19.1 Å². The number of nitrogens with one attached hydrogen (secondary N) is 1. The van der Waals surface area contributed by atoms with Crippen molar-refractivity contribution in [1.82, 2.24) is 4.98 Å². The first kappa shape index (κ1) is 21.2. The van der Waals surface area contributed by atoms with Gasteiger partial charge in [0.15, 0.2) is 5.60 Å². The summed E-state index contributed by atoms with van der Waals surface area (Å²) in [4.78, 5) is 2.95. The van der Waals surface area contributed by atoms with Crippen molar-refractivity contribution in [3.8, 4) is 5.75 Å². The number of fused-ring (bicyclic) bond motifs is 1. The summed E-state index contributed by atoms with van der Waals surface area (Å²) in [6.07, 6.45) is -6.13. The van der Waals surface area contributed by atoms with Crippen LogP contribution in [0.3, 0.4) is 0 Å². The molecule has 2 N–H and O–H groups in total. The van der Waals surface area contributed by atoms with Crippen molar-refractivity contribution in [3.05, 3.63) is 65.1 Å². The summed E-state index contributed by atoms with van der Waals surface area (Å²) in [6.45, 7) is 3.41. The molecule has 0 amide bonds. The first-order valence-corrected chi connectivity index (χ1v) is 9.23. The fourth-order valence-electron chi connectivity index (χ4n) is 3.72. The molecule has 1 aromatic heterocycles. The third-order valence-electron chi connectivity index (χ3n) is 5.21. The molecule has 156 valence electrons. The van der Waals surface area contributed by atoms with Crippen LogP contribution in [-0.4, -0.2) is 29.0 Å². The highest BCUT2D eigenvalue weighted by atomic mass is 19.4. The first-order chi connectivity index (χ1) is 13.5. The Bertz CT molecular complexity index is 1010. The van der Waals surface area contributed by atoms with Gasteiger partial charge in [-0.2, -0.15) is 13.2 Å². The Morgan fingerprint density at radius 3 is 2.48 bits per heavy atom. The van der Waals surface area contributed by atoms with Crippen LogP contribution >= 0.6 is 0 Å². The SMILES string of the molecule is COc1ccc(F)cc1C(C)CC(O)(Cc1cc2cc(C)ccc2[nH]1)C(F)(F)F. The number of halogens is 4. The number of alkyl halides is 3. The van der Waals surface area contributed by atoms with Gasteiger partial charge in [0.25, 0.3) is 0 Å². The molecule has 0 aliphatic carbocycles. The zero-order chi connectivity index (χ0) is 21.4. The fraction of sp³-hybridized carbons (Fsp3) is 0.364. The van der Waals surface area contributed by atoms with Crippen LogP contribution in [0.1, 0.15) is 36.1 Å². The van der Waals surface area contributed by atoms with Gasteiger partial charge in [0.1, 0.15) is 11.6 Å². The van der Waals surface area contributed by atoms with E-state index >= 15 is 0 Å². The van der Waals surface area contributed by atoms with Crippen molar-refractivity contribution in [2.75, 3.05) is 7.11 Å². The Balaban J connectivity index is 1.93. The smallest absolute Gasteiger partial charge is 0.417 e. The minimum atomic E-state index is -4.87. The molecule has 0 spiro atoms. The molecule has 0 fully saturated rings. The quantitative estimate of drug-likeness (QED) is 0.517. The van der Waals surface area contributed by atoms with Crippen molar-refractivity contribution < 1.29 is 27.4 Å². The number of benzene rings is 2. The maximum absolute atomic E-state index is 13.9. The van der Waals surface area contributed by atoms with Gasteiger partial charge < -0.3 is 14.8 Å². The van der Waals surface area contributed by atoms with Gasteiger partial charge >= 0.3 is 6.18 Å². The lowest BCUT2D eigenvalue weighted by atomic mass is 9.83. The Morgan fingerprint density at radius 2 is 1.83 bits per heavy atom. The largest absolute Gasteiger partial charge is 0.496 e. The Morgan fingerprint density at radius 1 is 1.10 bits per heavy atom. The van der Waals surface area contributed by atoms with Crippen LogP contribution in [0.25, 0.3) is 10.9 Å². The average molecular weight is 409 g/mol. The van der Waals surface area contributed by atoms with Crippen LogP contribution in [0.2, 0.25) is 0 Å². The van der Waals surface area contributed by atoms with Gasteiger partial charge in [-0.1, -0.05) is 18.6 Å². The van der Waals surface area contributed by atoms with Crippen LogP contribution in [0, 0.1) is 12.7 Å². The summed E-state index contributed by atoms with van der Waals surface area (Å²) in [6, 6.07) is 10.8. The zero-order valence-electron chi connectivity index (χ0n) is 16.4. The van der Waals surface area contributed by atoms with Crippen LogP contribution in [-0.2, 0) is 6.42 Å². The molecule has 0 radical (unpaired) electrons. The molecule has 2 unspecified atom stereocenters. The van der Waals surface area contributed by atoms with Crippen molar-refractivity contribution >= 4 is 10.9 Å². The van der Waals surface area contributed by atoms with E-state index in [-0.39, 0.29) is 17.0 Å². The highest BCUT2D eigenvalue weighted by Crippen LogP contribution is 2.42. The number of rotatable bonds is 6. The molecule has 0 saturated heterocycles. The summed E-state index contributed by atoms with van der Waals surface area (Å²) >= 11 is 0. The lowest BCUT2D eigenvalue weighted by molar-refractivity contribution is -0.263. The van der Waals surface area contributed by atoms with E-state index in [9.17, 15) is 22.7 Å². The van der Waals surface area contributed by atoms with Crippen LogP contribution in [0.4, 0.5) is 17.6 Å². The summed E-state index contributed by atoms with van der Waals surface area (Å²) < 4.78 is 60.5. The molecular weight excluding hydrogens is 386 g/mol. The summed E-state index contributed by atoms with van der Waals surface area (Å²) in [5, 5.41) is 11.4. The van der Waals surface area contributed by atoms with E-state index in [4.69, 9.17) is 4.74 Å². The van der Waals surface area contributed by atoms with Gasteiger partial charge in [-0.25, -0.2) is 4.39 Å². The summed E-state index contributed by atoms with van der Waals surface area (Å²) in [5.41, 5.74) is -0.734. The lowest BCUT2D eigenvalue weighted by Crippen LogP contribution is -2.48. The Kier molecular flexibility index (Phi) is 5.63. The number of aryl methyl sites for hydroxylation is 1. The predicted octanol–water partition coefficient (Wildman–Crippen LogP) is 5.65. The molecule has 3 rings (SSSR count). The Hall–Kier alpha value is -2.54. The van der Waals surface area contributed by atoms with Crippen molar-refractivity contribution in [2.45, 2.75) is 44.4 Å². The molecule has 7 heteroatoms. The van der Waals surface area contributed by atoms with E-state index < -0.39 is 36.4 Å². The van der Waals surface area contributed by atoms with Crippen molar-refractivity contribution in [2.24, 2.45) is 0 Å². The van der Waals surface area contributed by atoms with Crippen molar-refractivity contribution in [3.63, 3.8) is 0 Å². The highest BCUT2D eigenvalue weighted by Gasteiger charge is 2.54. The minimum Gasteiger partial charge on any atom is -0.496 e. The summed E-state index contributed by atoms with van der Waals surface area (Å²) in [5.74, 6) is -1.09. The maximum atomic E-state index is 13.9. The molecule has 2 aromatic carbocycles. The van der Waals surface area contributed by atoms with Gasteiger partial charge in [0.05, 0.1) is 7.11 Å². The van der Waals surface area contributed by atoms with Crippen LogP contribution in [0.5, 0.6) is 5.75 Å². The molecule has 0 aliphatic rings. The fourth-order valence-corrected chi connectivity index (χ4v) is 3.72. The molecule has 2 atom stereocenters. The molecule has 29 heavy (non-hydrogen) atoms. The topological polar surface area (TPSA) is 45.2 Å². The third-order valence-corrected chi connectivity index (χ3v) is 5.21. The van der Waals surface area contributed by atoms with E-state index in [0.29, 0.717) is 5.52 Å². The molecule has 0 saturated carbocycles. The molecule has 0 bridgehead atoms. The first-order valence-electron chi connectivity index (χ1n) is 9.23. The molecular formula is C22H23F4NO2. The second kappa shape index (κ2) is 7.71. The van der Waals surface area contributed by atoms with Crippen LogP contribution in [0.15, 0.2) is 42.5 Å². The van der Waals surface area contributed by atoms with Gasteiger partial charge in [-0.15, -0.1) is 0 Å². The van der Waals surface area contributed by atoms with Gasteiger partial charge in [0, 0.05) is 17.6 Å². The lowest BCUT2D eigenvalue weighted by Gasteiger charge is -2.33. The highest BCUT2D eigenvalue weighted by molar-refractivity contribution is 5.81. The van der Waals surface area contributed by atoms with Gasteiger partial charge in [0.2, 0.25) is 0 Å². The van der Waals surface area contributed by atoms with E-state index in [1.165, 1.54) is 26.2 Å². The maximum Gasteiger partial charge on any atom is 0.417 e. The number of hydrogen-bond donors (Lipinski definition) is 2. The number of methoxy groups -OCH3 is 1. The Labute approximate surface area is 166 Å². The normalized spacial score (nSPS) is 15.3. The zero-order valence-corrected chi connectivity index (χ0v) is 16.4. The van der Waals surface area contributed by atoms with E-state index in [2.05, 4.69) is 4.98 Å². The third kappa shape index (κ3) is 4.40. The molecule has 3 aromatic rings. The number of H-pyrrole nitrogens is 1. The average Bonchev–Trinajstić information content (AvgIpc) is 3.01. The predicted molar refractivity (Wildman–Crippen MR) is 104 cm³/mol. The standard InChI is InChI=1S/C22H23F4NO2/c1-13-4-6-19-15(8-13)9-17(27-19)12-21(28,22(24,25)26)11-14(2)18-10-16(23)5-7-20(18)29-3/h4-10,14,27-28H,11-12H2,1-3H3. The summed E-state index contributed by atoms with van der Waals surface area (Å²) in [7, 11) is 1.37. The number of ether oxygens (including phenoxy) is 1. The second-order valence-electron chi connectivity index (χ2n) is 7.58. The number of aromatic amines is 1. The molecule has 3 nitrogen and oxygen atoms in total. The van der Waals surface area contributed by atoms with Crippen LogP contribution < -0.4 is 4.74 Å². The molecule has 0 aliphatic heterocycles. The molecule has 1 heterocycles. The van der Waals surface area contributed by atoms with E-state index in [0.717, 1.165) is 17.0 Å². The van der Waals surface area contributed by atoms with Crippen molar-refractivity contribution in [1.29, 1.82) is 0 Å². The number of aromatic nitrogens is 1. The minimum absolute atomic E-state index is 0.280. The monoisotopic (exact) mass is 409 g/mol. The number of aliphatic hydroxyl groups is 1. The second-order valence-corrected chi connectivity index (χ2v) is 7.58. The van der Waals surface area contributed by atoms with E-state index in [1.54, 1.807) is 12.1 Å². The van der Waals surface area contributed by atoms with Gasteiger partial charge in [-0.3, -0.25) is 0 Å². The number of hydrogen-bond acceptors (Lipinski definition) is 2. The van der Waals surface area contributed by atoms with Gasteiger partial charge in [-0.05, 0) is 66.6 Å².